The number of carbonyl (C=O) groups is 1. The molecule has 0 fully saturated rings. The van der Waals surface area contributed by atoms with Crippen LogP contribution in [0.3, 0.4) is 0 Å². The van der Waals surface area contributed by atoms with E-state index in [-0.39, 0.29) is 0 Å². The monoisotopic (exact) mass is 247 g/mol. The molecule has 1 rings (SSSR count). The third kappa shape index (κ3) is 2.26. The standard InChI is InChI=1S/C11H12F3NO2/c1-2-7-4-3-5-8(6-7)10(15,9(16)17)11(12,13)14/h3-6H,2,15H2,1H3,(H,16,17). The van der Waals surface area contributed by atoms with Crippen molar-refractivity contribution in [3.63, 3.8) is 0 Å². The van der Waals surface area contributed by atoms with E-state index < -0.39 is 23.2 Å². The fourth-order valence-corrected chi connectivity index (χ4v) is 1.44. The quantitative estimate of drug-likeness (QED) is 0.859. The molecule has 0 heterocycles. The van der Waals surface area contributed by atoms with Gasteiger partial charge in [-0.2, -0.15) is 13.2 Å². The molecule has 3 nitrogen and oxygen atoms in total. The van der Waals surface area contributed by atoms with Crippen LogP contribution >= 0.6 is 0 Å². The second kappa shape index (κ2) is 4.37. The van der Waals surface area contributed by atoms with Gasteiger partial charge in [-0.05, 0) is 17.5 Å². The molecule has 0 saturated heterocycles. The molecule has 0 aliphatic carbocycles. The summed E-state index contributed by atoms with van der Waals surface area (Å²) < 4.78 is 38.3. The summed E-state index contributed by atoms with van der Waals surface area (Å²) in [5.41, 5.74) is 1.81. The highest BCUT2D eigenvalue weighted by molar-refractivity contribution is 5.81. The first kappa shape index (κ1) is 13.5. The van der Waals surface area contributed by atoms with E-state index in [1.54, 1.807) is 13.0 Å². The molecule has 6 heteroatoms. The van der Waals surface area contributed by atoms with Gasteiger partial charge in [0, 0.05) is 0 Å². The minimum Gasteiger partial charge on any atom is -0.479 e. The topological polar surface area (TPSA) is 63.3 Å². The Hall–Kier alpha value is -1.56. The minimum atomic E-state index is -5.05. The molecule has 1 unspecified atom stereocenters. The van der Waals surface area contributed by atoms with E-state index in [0.29, 0.717) is 12.0 Å². The van der Waals surface area contributed by atoms with Gasteiger partial charge in [0.2, 0.25) is 5.54 Å². The minimum absolute atomic E-state index is 0.461. The van der Waals surface area contributed by atoms with Gasteiger partial charge in [0.1, 0.15) is 0 Å². The first-order valence-corrected chi connectivity index (χ1v) is 4.92. The average molecular weight is 247 g/mol. The molecule has 0 saturated carbocycles. The number of alkyl halides is 3. The molecule has 0 aliphatic heterocycles. The van der Waals surface area contributed by atoms with Crippen molar-refractivity contribution in [2.75, 3.05) is 0 Å². The van der Waals surface area contributed by atoms with Crippen LogP contribution in [0.15, 0.2) is 24.3 Å². The molecule has 17 heavy (non-hydrogen) atoms. The second-order valence-electron chi connectivity index (χ2n) is 3.66. The maximum atomic E-state index is 12.8. The number of carboxylic acid groups (broad SMARTS) is 1. The summed E-state index contributed by atoms with van der Waals surface area (Å²) in [6.07, 6.45) is -4.55. The van der Waals surface area contributed by atoms with Gasteiger partial charge in [-0.3, -0.25) is 0 Å². The van der Waals surface area contributed by atoms with Crippen molar-refractivity contribution >= 4 is 5.97 Å². The van der Waals surface area contributed by atoms with E-state index in [4.69, 9.17) is 10.8 Å². The summed E-state index contributed by atoms with van der Waals surface area (Å²) in [6, 6.07) is 5.22. The molecule has 0 amide bonds. The number of aliphatic carboxylic acids is 1. The van der Waals surface area contributed by atoms with Crippen molar-refractivity contribution in [2.45, 2.75) is 25.1 Å². The highest BCUT2D eigenvalue weighted by Gasteiger charge is 2.59. The van der Waals surface area contributed by atoms with Gasteiger partial charge in [-0.25, -0.2) is 4.79 Å². The fraction of sp³-hybridized carbons (Fsp3) is 0.364. The molecule has 0 aromatic heterocycles. The van der Waals surface area contributed by atoms with E-state index in [2.05, 4.69) is 0 Å². The van der Waals surface area contributed by atoms with Gasteiger partial charge in [0.25, 0.3) is 0 Å². The maximum Gasteiger partial charge on any atom is 0.421 e. The molecule has 0 radical (unpaired) electrons. The Bertz CT molecular complexity index is 431. The van der Waals surface area contributed by atoms with Gasteiger partial charge in [-0.1, -0.05) is 31.2 Å². The number of aryl methyl sites for hydroxylation is 1. The van der Waals surface area contributed by atoms with Gasteiger partial charge < -0.3 is 10.8 Å². The lowest BCUT2D eigenvalue weighted by Crippen LogP contribution is -2.56. The average Bonchev–Trinajstić information content (AvgIpc) is 2.26. The summed E-state index contributed by atoms with van der Waals surface area (Å²) in [7, 11) is 0. The van der Waals surface area contributed by atoms with Crippen molar-refractivity contribution < 1.29 is 23.1 Å². The lowest BCUT2D eigenvalue weighted by Gasteiger charge is -2.28. The summed E-state index contributed by atoms with van der Waals surface area (Å²) in [5, 5.41) is 8.74. The van der Waals surface area contributed by atoms with Crippen LogP contribution < -0.4 is 5.73 Å². The van der Waals surface area contributed by atoms with E-state index in [1.807, 2.05) is 0 Å². The molecular weight excluding hydrogens is 235 g/mol. The van der Waals surface area contributed by atoms with Gasteiger partial charge >= 0.3 is 12.1 Å². The van der Waals surface area contributed by atoms with Gasteiger partial charge in [0.05, 0.1) is 0 Å². The molecule has 0 bridgehead atoms. The lowest BCUT2D eigenvalue weighted by molar-refractivity contribution is -0.204. The highest BCUT2D eigenvalue weighted by Crippen LogP contribution is 2.37. The summed E-state index contributed by atoms with van der Waals surface area (Å²) >= 11 is 0. The van der Waals surface area contributed by atoms with E-state index in [9.17, 15) is 18.0 Å². The molecule has 0 aliphatic rings. The number of hydrogen-bond donors (Lipinski definition) is 2. The number of rotatable bonds is 3. The predicted molar refractivity (Wildman–Crippen MR) is 55.4 cm³/mol. The van der Waals surface area contributed by atoms with E-state index >= 15 is 0 Å². The Morgan fingerprint density at radius 1 is 1.41 bits per heavy atom. The lowest BCUT2D eigenvalue weighted by atomic mass is 9.89. The van der Waals surface area contributed by atoms with E-state index in [0.717, 1.165) is 6.07 Å². The fourth-order valence-electron chi connectivity index (χ4n) is 1.44. The molecule has 1 atom stereocenters. The van der Waals surface area contributed by atoms with Crippen molar-refractivity contribution in [2.24, 2.45) is 5.73 Å². The first-order chi connectivity index (χ1) is 7.73. The van der Waals surface area contributed by atoms with Crippen LogP contribution in [0.1, 0.15) is 18.1 Å². The molecule has 0 spiro atoms. The molecule has 3 N–H and O–H groups in total. The van der Waals surface area contributed by atoms with Crippen LogP contribution in [0.5, 0.6) is 0 Å². The second-order valence-corrected chi connectivity index (χ2v) is 3.66. The first-order valence-electron chi connectivity index (χ1n) is 4.92. The molecule has 94 valence electrons. The van der Waals surface area contributed by atoms with Crippen molar-refractivity contribution in [1.82, 2.24) is 0 Å². The number of carboxylic acids is 1. The van der Waals surface area contributed by atoms with Crippen LogP contribution in [0.2, 0.25) is 0 Å². The molecule has 1 aromatic rings. The normalized spacial score (nSPS) is 15.4. The van der Waals surface area contributed by atoms with E-state index in [1.165, 1.54) is 12.1 Å². The smallest absolute Gasteiger partial charge is 0.421 e. The number of benzene rings is 1. The van der Waals surface area contributed by atoms with Crippen molar-refractivity contribution in [1.29, 1.82) is 0 Å². The highest BCUT2D eigenvalue weighted by atomic mass is 19.4. The predicted octanol–water partition coefficient (Wildman–Crippen LogP) is 2.05. The third-order valence-corrected chi connectivity index (χ3v) is 2.58. The van der Waals surface area contributed by atoms with Crippen LogP contribution in [-0.2, 0) is 16.8 Å². The summed E-state index contributed by atoms with van der Waals surface area (Å²) in [5.74, 6) is -2.11. The zero-order chi connectivity index (χ0) is 13.3. The Morgan fingerprint density at radius 2 is 2.00 bits per heavy atom. The Morgan fingerprint density at radius 3 is 2.41 bits per heavy atom. The Kier molecular flexibility index (Phi) is 3.47. The van der Waals surface area contributed by atoms with Crippen molar-refractivity contribution in [3.05, 3.63) is 35.4 Å². The van der Waals surface area contributed by atoms with Gasteiger partial charge in [0.15, 0.2) is 0 Å². The summed E-state index contributed by atoms with van der Waals surface area (Å²) in [4.78, 5) is 10.8. The van der Waals surface area contributed by atoms with Crippen LogP contribution in [-0.4, -0.2) is 17.3 Å². The summed E-state index contributed by atoms with van der Waals surface area (Å²) in [6.45, 7) is 1.76. The third-order valence-electron chi connectivity index (χ3n) is 2.58. The van der Waals surface area contributed by atoms with Gasteiger partial charge in [-0.15, -0.1) is 0 Å². The molecule has 1 aromatic carbocycles. The van der Waals surface area contributed by atoms with Crippen LogP contribution in [0.4, 0.5) is 13.2 Å². The SMILES string of the molecule is CCc1cccc(C(N)(C(=O)O)C(F)(F)F)c1. The number of halogens is 3. The van der Waals surface area contributed by atoms with Crippen LogP contribution in [0, 0.1) is 0 Å². The Balaban J connectivity index is 3.38. The Labute approximate surface area is 96.0 Å². The van der Waals surface area contributed by atoms with Crippen molar-refractivity contribution in [3.8, 4) is 0 Å². The largest absolute Gasteiger partial charge is 0.479 e. The number of hydrogen-bond acceptors (Lipinski definition) is 2. The zero-order valence-electron chi connectivity index (χ0n) is 9.08. The zero-order valence-corrected chi connectivity index (χ0v) is 9.08. The van der Waals surface area contributed by atoms with Crippen LogP contribution in [0.25, 0.3) is 0 Å². The number of nitrogens with two attached hydrogens (primary N) is 1. The molecular formula is C11H12F3NO2. The maximum absolute atomic E-state index is 12.8.